The molecule has 0 heterocycles. The molecule has 0 atom stereocenters. The number of amides is 1. The van der Waals surface area contributed by atoms with Gasteiger partial charge < -0.3 is 19.5 Å². The third kappa shape index (κ3) is 5.51. The van der Waals surface area contributed by atoms with E-state index in [1.165, 1.54) is 4.90 Å². The summed E-state index contributed by atoms with van der Waals surface area (Å²) in [6.07, 6.45) is 0. The number of carbonyl (C=O) groups is 2. The summed E-state index contributed by atoms with van der Waals surface area (Å²) in [5, 5.41) is 8.61. The molecule has 2 aromatic rings. The van der Waals surface area contributed by atoms with Crippen molar-refractivity contribution in [2.75, 3.05) is 18.6 Å². The summed E-state index contributed by atoms with van der Waals surface area (Å²) in [5.41, 5.74) is 0.917. The number of nitrogens with zero attached hydrogens (tertiary/aromatic N) is 1. The third-order valence-corrected chi connectivity index (χ3v) is 3.42. The van der Waals surface area contributed by atoms with Crippen LogP contribution in [0.1, 0.15) is 31.1 Å². The number of carboxylic acids is 1. The number of carbonyl (C=O) groups excluding carboxylic acids is 1. The molecule has 0 saturated heterocycles. The molecule has 2 rings (SSSR count). The number of hydrogen-bond acceptors (Lipinski definition) is 4. The lowest BCUT2D eigenvalue weighted by Gasteiger charge is -2.22. The van der Waals surface area contributed by atoms with Crippen LogP contribution >= 0.6 is 0 Å². The number of rotatable bonds is 6. The van der Waals surface area contributed by atoms with E-state index in [4.69, 9.17) is 14.6 Å². The molecule has 138 valence electrons. The summed E-state index contributed by atoms with van der Waals surface area (Å²) >= 11 is 0. The Hall–Kier alpha value is -3.02. The third-order valence-electron chi connectivity index (χ3n) is 3.42. The van der Waals surface area contributed by atoms with Gasteiger partial charge >= 0.3 is 5.97 Å². The van der Waals surface area contributed by atoms with Crippen LogP contribution < -0.4 is 14.4 Å². The minimum absolute atomic E-state index is 0.161. The molecule has 6 nitrogen and oxygen atoms in total. The molecule has 0 fully saturated rings. The Bertz CT molecular complexity index is 760. The second kappa shape index (κ2) is 7.91. The van der Waals surface area contributed by atoms with Crippen LogP contribution in [0.4, 0.5) is 5.69 Å². The molecule has 2 aromatic carbocycles. The number of hydrogen-bond donors (Lipinski definition) is 1. The maximum absolute atomic E-state index is 12.6. The van der Waals surface area contributed by atoms with E-state index in [1.54, 1.807) is 55.6 Å². The Morgan fingerprint density at radius 3 is 2.00 bits per heavy atom. The average molecular weight is 357 g/mol. The quantitative estimate of drug-likeness (QED) is 0.855. The largest absolute Gasteiger partial charge is 0.488 e. The summed E-state index contributed by atoms with van der Waals surface area (Å²) in [7, 11) is 1.68. The fraction of sp³-hybridized carbons (Fsp3) is 0.300. The number of anilines is 1. The Morgan fingerprint density at radius 2 is 1.50 bits per heavy atom. The smallest absolute Gasteiger partial charge is 0.341 e. The van der Waals surface area contributed by atoms with Crippen LogP contribution in [-0.4, -0.2) is 36.2 Å². The highest BCUT2D eigenvalue weighted by atomic mass is 16.5. The van der Waals surface area contributed by atoms with Gasteiger partial charge in [-0.2, -0.15) is 0 Å². The van der Waals surface area contributed by atoms with E-state index in [1.807, 2.05) is 20.8 Å². The fourth-order valence-corrected chi connectivity index (χ4v) is 2.24. The molecule has 0 aliphatic carbocycles. The summed E-state index contributed by atoms with van der Waals surface area (Å²) in [6, 6.07) is 13.7. The van der Waals surface area contributed by atoms with Gasteiger partial charge in [0.2, 0.25) is 0 Å². The van der Waals surface area contributed by atoms with Crippen LogP contribution in [0.5, 0.6) is 11.5 Å². The molecule has 0 aliphatic heterocycles. The Morgan fingerprint density at radius 1 is 0.962 bits per heavy atom. The van der Waals surface area contributed by atoms with Crippen molar-refractivity contribution in [3.8, 4) is 11.5 Å². The van der Waals surface area contributed by atoms with E-state index >= 15 is 0 Å². The van der Waals surface area contributed by atoms with Crippen LogP contribution in [0.2, 0.25) is 0 Å². The zero-order valence-electron chi connectivity index (χ0n) is 15.4. The van der Waals surface area contributed by atoms with Gasteiger partial charge in [-0.15, -0.1) is 0 Å². The normalized spacial score (nSPS) is 10.9. The first-order chi connectivity index (χ1) is 12.2. The highest BCUT2D eigenvalue weighted by Gasteiger charge is 2.15. The molecule has 0 radical (unpaired) electrons. The minimum atomic E-state index is -1.04. The van der Waals surface area contributed by atoms with Gasteiger partial charge in [0.25, 0.3) is 5.91 Å². The fourth-order valence-electron chi connectivity index (χ4n) is 2.24. The van der Waals surface area contributed by atoms with Crippen LogP contribution in [0, 0.1) is 0 Å². The lowest BCUT2D eigenvalue weighted by molar-refractivity contribution is -0.139. The van der Waals surface area contributed by atoms with Crippen molar-refractivity contribution >= 4 is 17.6 Å². The highest BCUT2D eigenvalue weighted by molar-refractivity contribution is 6.05. The van der Waals surface area contributed by atoms with Crippen molar-refractivity contribution in [1.82, 2.24) is 0 Å². The van der Waals surface area contributed by atoms with E-state index < -0.39 is 12.6 Å². The van der Waals surface area contributed by atoms with Crippen molar-refractivity contribution in [3.63, 3.8) is 0 Å². The standard InChI is InChI=1S/C20H23NO5/c1-20(2,3)26-17-9-5-14(6-10-17)19(24)21(4)15-7-11-16(12-8-15)25-13-18(22)23/h5-12H,13H2,1-4H3,(H,22,23). The van der Waals surface area contributed by atoms with Gasteiger partial charge in [0, 0.05) is 18.3 Å². The summed E-state index contributed by atoms with van der Waals surface area (Å²) < 4.78 is 10.8. The van der Waals surface area contributed by atoms with Gasteiger partial charge in [-0.25, -0.2) is 4.79 Å². The molecule has 0 unspecified atom stereocenters. The average Bonchev–Trinajstić information content (AvgIpc) is 2.58. The zero-order valence-corrected chi connectivity index (χ0v) is 15.4. The van der Waals surface area contributed by atoms with Crippen molar-refractivity contribution in [3.05, 3.63) is 54.1 Å². The molecule has 0 spiro atoms. The number of benzene rings is 2. The van der Waals surface area contributed by atoms with E-state index in [-0.39, 0.29) is 11.5 Å². The van der Waals surface area contributed by atoms with Crippen LogP contribution in [0.25, 0.3) is 0 Å². The summed E-state index contributed by atoms with van der Waals surface area (Å²) in [4.78, 5) is 24.6. The first kappa shape index (κ1) is 19.3. The van der Waals surface area contributed by atoms with Crippen molar-refractivity contribution < 1.29 is 24.2 Å². The SMILES string of the molecule is CN(C(=O)c1ccc(OC(C)(C)C)cc1)c1ccc(OCC(=O)O)cc1. The molecular formula is C20H23NO5. The molecule has 6 heteroatoms. The van der Waals surface area contributed by atoms with Gasteiger partial charge in [-0.05, 0) is 69.3 Å². The second-order valence-electron chi connectivity index (χ2n) is 6.78. The van der Waals surface area contributed by atoms with E-state index in [0.717, 1.165) is 0 Å². The lowest BCUT2D eigenvalue weighted by Crippen LogP contribution is -2.26. The van der Waals surface area contributed by atoms with Gasteiger partial charge in [-0.1, -0.05) is 0 Å². The summed E-state index contributed by atoms with van der Waals surface area (Å²) in [5.74, 6) is -0.0657. The molecule has 0 aromatic heterocycles. The van der Waals surface area contributed by atoms with Crippen LogP contribution in [0.15, 0.2) is 48.5 Å². The zero-order chi connectivity index (χ0) is 19.3. The molecular weight excluding hydrogens is 334 g/mol. The Kier molecular flexibility index (Phi) is 5.87. The van der Waals surface area contributed by atoms with Crippen molar-refractivity contribution in [2.24, 2.45) is 0 Å². The topological polar surface area (TPSA) is 76.1 Å². The van der Waals surface area contributed by atoms with E-state index in [9.17, 15) is 9.59 Å². The first-order valence-corrected chi connectivity index (χ1v) is 8.17. The van der Waals surface area contributed by atoms with Gasteiger partial charge in [0.05, 0.1) is 0 Å². The van der Waals surface area contributed by atoms with Crippen molar-refractivity contribution in [2.45, 2.75) is 26.4 Å². The number of ether oxygens (including phenoxy) is 2. The maximum atomic E-state index is 12.6. The van der Waals surface area contributed by atoms with E-state index in [2.05, 4.69) is 0 Å². The van der Waals surface area contributed by atoms with Crippen LogP contribution in [0.3, 0.4) is 0 Å². The Balaban J connectivity index is 2.05. The predicted octanol–water partition coefficient (Wildman–Crippen LogP) is 3.60. The molecule has 0 aliphatic rings. The molecule has 1 amide bonds. The first-order valence-electron chi connectivity index (χ1n) is 8.17. The monoisotopic (exact) mass is 357 g/mol. The summed E-state index contributed by atoms with van der Waals surface area (Å²) in [6.45, 7) is 5.48. The van der Waals surface area contributed by atoms with Gasteiger partial charge in [0.15, 0.2) is 6.61 Å². The van der Waals surface area contributed by atoms with E-state index in [0.29, 0.717) is 22.7 Å². The molecule has 1 N–H and O–H groups in total. The number of carboxylic acid groups (broad SMARTS) is 1. The van der Waals surface area contributed by atoms with Crippen molar-refractivity contribution in [1.29, 1.82) is 0 Å². The lowest BCUT2D eigenvalue weighted by atomic mass is 10.1. The molecule has 0 bridgehead atoms. The maximum Gasteiger partial charge on any atom is 0.341 e. The molecule has 0 saturated carbocycles. The second-order valence-corrected chi connectivity index (χ2v) is 6.78. The van der Waals surface area contributed by atoms with Crippen LogP contribution in [-0.2, 0) is 4.79 Å². The van der Waals surface area contributed by atoms with Gasteiger partial charge in [-0.3, -0.25) is 4.79 Å². The number of aliphatic carboxylic acids is 1. The highest BCUT2D eigenvalue weighted by Crippen LogP contribution is 2.22. The Labute approximate surface area is 153 Å². The predicted molar refractivity (Wildman–Crippen MR) is 99.1 cm³/mol. The molecule has 26 heavy (non-hydrogen) atoms. The minimum Gasteiger partial charge on any atom is -0.488 e. The van der Waals surface area contributed by atoms with Gasteiger partial charge in [0.1, 0.15) is 17.1 Å².